The topological polar surface area (TPSA) is 62.2 Å². The molecule has 1 aromatic heterocycles. The lowest BCUT2D eigenvalue weighted by Crippen LogP contribution is -2.41. The third-order valence-corrected chi connectivity index (χ3v) is 3.96. The molecule has 0 aromatic carbocycles. The normalized spacial score (nSPS) is 13.9. The van der Waals surface area contributed by atoms with E-state index < -0.39 is 0 Å². The van der Waals surface area contributed by atoms with Crippen LogP contribution in [0.25, 0.3) is 0 Å². The number of carbonyl (C=O) groups excluding carboxylic acids is 1. The summed E-state index contributed by atoms with van der Waals surface area (Å²) in [5, 5.41) is 12.1. The number of aliphatic hydroxyl groups is 1. The van der Waals surface area contributed by atoms with E-state index >= 15 is 0 Å². The first-order valence-electron chi connectivity index (χ1n) is 5.99. The second-order valence-corrected chi connectivity index (χ2v) is 5.25. The van der Waals surface area contributed by atoms with Crippen molar-refractivity contribution >= 4 is 17.7 Å². The molecular formula is C13H20N2O2S. The van der Waals surface area contributed by atoms with Gasteiger partial charge in [-0.25, -0.2) is 0 Å². The Morgan fingerprint density at radius 1 is 1.61 bits per heavy atom. The first-order chi connectivity index (χ1) is 8.67. The molecule has 0 bridgehead atoms. The molecule has 1 rings (SSSR count). The van der Waals surface area contributed by atoms with Gasteiger partial charge in [-0.1, -0.05) is 6.07 Å². The van der Waals surface area contributed by atoms with Crippen molar-refractivity contribution in [2.24, 2.45) is 0 Å². The number of nitrogens with one attached hydrogen (secondary N) is 1. The van der Waals surface area contributed by atoms with Crippen LogP contribution in [0.15, 0.2) is 24.5 Å². The lowest BCUT2D eigenvalue weighted by Gasteiger charge is -2.21. The second-order valence-electron chi connectivity index (χ2n) is 4.17. The van der Waals surface area contributed by atoms with Crippen molar-refractivity contribution in [1.82, 2.24) is 10.3 Å². The predicted molar refractivity (Wildman–Crippen MR) is 74.6 cm³/mol. The molecule has 1 aromatic rings. The molecule has 18 heavy (non-hydrogen) atoms. The Hall–Kier alpha value is -1.07. The Balaban J connectivity index is 2.33. The van der Waals surface area contributed by atoms with Crippen LogP contribution in [0.4, 0.5) is 0 Å². The molecule has 0 aliphatic heterocycles. The van der Waals surface area contributed by atoms with Crippen molar-refractivity contribution in [2.45, 2.75) is 31.1 Å². The minimum Gasteiger partial charge on any atom is -0.395 e. The maximum Gasteiger partial charge on any atom is 0.220 e. The lowest BCUT2D eigenvalue weighted by molar-refractivity contribution is -0.121. The Labute approximate surface area is 112 Å². The molecule has 0 saturated heterocycles. The van der Waals surface area contributed by atoms with E-state index in [0.717, 1.165) is 5.56 Å². The maximum absolute atomic E-state index is 11.7. The molecule has 100 valence electrons. The summed E-state index contributed by atoms with van der Waals surface area (Å²) in [5.41, 5.74) is 1.06. The summed E-state index contributed by atoms with van der Waals surface area (Å²) < 4.78 is 0. The van der Waals surface area contributed by atoms with Gasteiger partial charge in [-0.05, 0) is 31.2 Å². The predicted octanol–water partition coefficient (Wildman–Crippen LogP) is 1.24. The zero-order chi connectivity index (χ0) is 13.4. The van der Waals surface area contributed by atoms with Crippen LogP contribution < -0.4 is 5.32 Å². The Kier molecular flexibility index (Phi) is 6.75. The van der Waals surface area contributed by atoms with Crippen molar-refractivity contribution < 1.29 is 9.90 Å². The Bertz CT molecular complexity index is 355. The van der Waals surface area contributed by atoms with Crippen LogP contribution in [-0.4, -0.2) is 40.2 Å². The summed E-state index contributed by atoms with van der Waals surface area (Å²) in [4.78, 5) is 15.8. The zero-order valence-corrected chi connectivity index (χ0v) is 11.6. The Morgan fingerprint density at radius 3 is 2.94 bits per heavy atom. The average Bonchev–Trinajstić information content (AvgIpc) is 2.39. The fraction of sp³-hybridized carbons (Fsp3) is 0.538. The van der Waals surface area contributed by atoms with Crippen LogP contribution in [0.5, 0.6) is 0 Å². The average molecular weight is 268 g/mol. The summed E-state index contributed by atoms with van der Waals surface area (Å²) in [5.74, 6) is 0.0128. The van der Waals surface area contributed by atoms with Crippen LogP contribution in [0.2, 0.25) is 0 Å². The molecule has 1 heterocycles. The van der Waals surface area contributed by atoms with Gasteiger partial charge in [0.1, 0.15) is 0 Å². The molecule has 0 fully saturated rings. The summed E-state index contributed by atoms with van der Waals surface area (Å²) in [6, 6.07) is 3.81. The molecule has 0 aliphatic carbocycles. The number of nitrogens with zero attached hydrogens (tertiary/aromatic N) is 1. The maximum atomic E-state index is 11.7. The van der Waals surface area contributed by atoms with Crippen molar-refractivity contribution in [2.75, 3.05) is 12.9 Å². The standard InChI is InChI=1S/C13H20N2O2S/c1-10(12(9-16)18-2)15-13(17)6-5-11-4-3-7-14-8-11/h3-4,7-8,10,12,16H,5-6,9H2,1-2H3,(H,15,17). The fourth-order valence-electron chi connectivity index (χ4n) is 1.66. The quantitative estimate of drug-likeness (QED) is 0.781. The highest BCUT2D eigenvalue weighted by Crippen LogP contribution is 2.10. The second kappa shape index (κ2) is 8.11. The minimum absolute atomic E-state index is 0.0128. The number of hydrogen-bond acceptors (Lipinski definition) is 4. The third kappa shape index (κ3) is 5.06. The van der Waals surface area contributed by atoms with Crippen LogP contribution in [-0.2, 0) is 11.2 Å². The number of thioether (sulfide) groups is 1. The van der Waals surface area contributed by atoms with E-state index in [4.69, 9.17) is 5.11 Å². The minimum atomic E-state index is -0.0219. The molecule has 1 amide bonds. The monoisotopic (exact) mass is 268 g/mol. The number of rotatable bonds is 7. The molecule has 2 atom stereocenters. The van der Waals surface area contributed by atoms with Crippen LogP contribution in [0.1, 0.15) is 18.9 Å². The van der Waals surface area contributed by atoms with Gasteiger partial charge in [-0.15, -0.1) is 0 Å². The molecule has 2 N–H and O–H groups in total. The number of amides is 1. The number of aliphatic hydroxyl groups excluding tert-OH is 1. The summed E-state index contributed by atoms with van der Waals surface area (Å²) in [6.45, 7) is 1.99. The summed E-state index contributed by atoms with van der Waals surface area (Å²) >= 11 is 1.56. The van der Waals surface area contributed by atoms with Gasteiger partial charge in [0.05, 0.1) is 6.61 Å². The number of carbonyl (C=O) groups is 1. The number of aryl methyl sites for hydroxylation is 1. The molecule has 0 spiro atoms. The van der Waals surface area contributed by atoms with Gasteiger partial charge in [0.25, 0.3) is 0 Å². The third-order valence-electron chi connectivity index (χ3n) is 2.79. The molecular weight excluding hydrogens is 248 g/mol. The van der Waals surface area contributed by atoms with Crippen LogP contribution >= 0.6 is 11.8 Å². The van der Waals surface area contributed by atoms with Gasteiger partial charge in [-0.2, -0.15) is 11.8 Å². The molecule has 5 heteroatoms. The van der Waals surface area contributed by atoms with Crippen molar-refractivity contribution in [3.8, 4) is 0 Å². The van der Waals surface area contributed by atoms with Crippen LogP contribution in [0, 0.1) is 0 Å². The Morgan fingerprint density at radius 2 is 2.39 bits per heavy atom. The van der Waals surface area contributed by atoms with Crippen LogP contribution in [0.3, 0.4) is 0 Å². The zero-order valence-electron chi connectivity index (χ0n) is 10.8. The van der Waals surface area contributed by atoms with Gasteiger partial charge < -0.3 is 10.4 Å². The van der Waals surface area contributed by atoms with Crippen molar-refractivity contribution in [1.29, 1.82) is 0 Å². The van der Waals surface area contributed by atoms with E-state index in [1.54, 1.807) is 24.2 Å². The van der Waals surface area contributed by atoms with E-state index in [2.05, 4.69) is 10.3 Å². The molecule has 0 saturated carbocycles. The lowest BCUT2D eigenvalue weighted by atomic mass is 10.1. The van der Waals surface area contributed by atoms with Gasteiger partial charge >= 0.3 is 0 Å². The van der Waals surface area contributed by atoms with E-state index in [0.29, 0.717) is 12.8 Å². The van der Waals surface area contributed by atoms with E-state index in [1.165, 1.54) is 0 Å². The van der Waals surface area contributed by atoms with Crippen molar-refractivity contribution in [3.05, 3.63) is 30.1 Å². The molecule has 0 radical (unpaired) electrons. The smallest absolute Gasteiger partial charge is 0.220 e. The highest BCUT2D eigenvalue weighted by molar-refractivity contribution is 7.99. The summed E-state index contributed by atoms with van der Waals surface area (Å²) in [7, 11) is 0. The summed E-state index contributed by atoms with van der Waals surface area (Å²) in [6.07, 6.45) is 6.56. The molecule has 0 aliphatic rings. The SMILES string of the molecule is CSC(CO)C(C)NC(=O)CCc1cccnc1. The molecule has 2 unspecified atom stereocenters. The largest absolute Gasteiger partial charge is 0.395 e. The number of pyridine rings is 1. The first kappa shape index (κ1) is 15.0. The van der Waals surface area contributed by atoms with E-state index in [-0.39, 0.29) is 23.8 Å². The van der Waals surface area contributed by atoms with Gasteiger partial charge in [0, 0.05) is 30.1 Å². The van der Waals surface area contributed by atoms with E-state index in [1.807, 2.05) is 25.3 Å². The van der Waals surface area contributed by atoms with Gasteiger partial charge in [0.15, 0.2) is 0 Å². The first-order valence-corrected chi connectivity index (χ1v) is 7.28. The molecule has 4 nitrogen and oxygen atoms in total. The van der Waals surface area contributed by atoms with Crippen molar-refractivity contribution in [3.63, 3.8) is 0 Å². The van der Waals surface area contributed by atoms with Gasteiger partial charge in [0.2, 0.25) is 5.91 Å². The fourth-order valence-corrected chi connectivity index (χ4v) is 2.29. The highest BCUT2D eigenvalue weighted by Gasteiger charge is 2.16. The van der Waals surface area contributed by atoms with E-state index in [9.17, 15) is 4.79 Å². The van der Waals surface area contributed by atoms with Gasteiger partial charge in [-0.3, -0.25) is 9.78 Å². The highest BCUT2D eigenvalue weighted by atomic mass is 32.2. The number of hydrogen-bond donors (Lipinski definition) is 2. The number of aromatic nitrogens is 1.